The van der Waals surface area contributed by atoms with Crippen LogP contribution in [0.2, 0.25) is 36.3 Å². The largest absolute Gasteiger partial charge is 0.411 e. The lowest BCUT2D eigenvalue weighted by atomic mass is 10.1. The Kier molecular flexibility index (Phi) is 8.18. The number of hydrogen-bond acceptors (Lipinski definition) is 5. The summed E-state index contributed by atoms with van der Waals surface area (Å²) in [5.41, 5.74) is -0.346. The second-order valence-corrected chi connectivity index (χ2v) is 22.0. The number of aromatic amines is 1. The van der Waals surface area contributed by atoms with Crippen LogP contribution < -0.4 is 11.2 Å². The Labute approximate surface area is 201 Å². The summed E-state index contributed by atoms with van der Waals surface area (Å²) >= 11 is 0. The first-order valence-electron chi connectivity index (χ1n) is 12.1. The SMILES string of the molecule is CCC(O[Si](C)(C)C(C)(C)C)[C@H]1O[C@@H](n2cc(C)c(=O)[nH]c2=O)C[C@@H]1O[Si](C)(C)C(C)(C)C. The van der Waals surface area contributed by atoms with Crippen LogP contribution >= 0.6 is 0 Å². The zero-order valence-electron chi connectivity index (χ0n) is 22.8. The molecule has 1 aromatic rings. The Morgan fingerprint density at radius 2 is 1.64 bits per heavy atom. The summed E-state index contributed by atoms with van der Waals surface area (Å²) in [4.78, 5) is 26.9. The van der Waals surface area contributed by atoms with E-state index in [1.54, 1.807) is 13.1 Å². The molecular weight excluding hydrogens is 452 g/mol. The van der Waals surface area contributed by atoms with E-state index < -0.39 is 28.6 Å². The first kappa shape index (κ1) is 28.2. The molecule has 1 aromatic heterocycles. The number of ether oxygens (including phenoxy) is 1. The average Bonchev–Trinajstić information content (AvgIpc) is 3.03. The van der Waals surface area contributed by atoms with Crippen LogP contribution in [0.5, 0.6) is 0 Å². The molecule has 190 valence electrons. The molecule has 0 radical (unpaired) electrons. The third-order valence-electron chi connectivity index (χ3n) is 7.84. The number of aryl methyl sites for hydroxylation is 1. The van der Waals surface area contributed by atoms with Crippen LogP contribution in [0.3, 0.4) is 0 Å². The van der Waals surface area contributed by atoms with Crippen molar-refractivity contribution in [1.82, 2.24) is 9.55 Å². The van der Waals surface area contributed by atoms with Gasteiger partial charge in [0.25, 0.3) is 5.56 Å². The maximum absolute atomic E-state index is 12.6. The highest BCUT2D eigenvalue weighted by Crippen LogP contribution is 2.44. The molecule has 1 saturated heterocycles. The normalized spacial score (nSPS) is 23.7. The number of nitrogens with zero attached hydrogens (tertiary/aromatic N) is 1. The molecule has 2 heterocycles. The van der Waals surface area contributed by atoms with Gasteiger partial charge in [0.05, 0.1) is 12.2 Å². The minimum Gasteiger partial charge on any atom is -0.411 e. The third kappa shape index (κ3) is 6.17. The molecule has 0 aromatic carbocycles. The topological polar surface area (TPSA) is 82.5 Å². The number of hydrogen-bond donors (Lipinski definition) is 1. The molecule has 7 nitrogen and oxygen atoms in total. The summed E-state index contributed by atoms with van der Waals surface area (Å²) in [6.07, 6.45) is 1.80. The maximum atomic E-state index is 12.6. The van der Waals surface area contributed by atoms with Gasteiger partial charge in [-0.2, -0.15) is 0 Å². The van der Waals surface area contributed by atoms with Gasteiger partial charge in [-0.3, -0.25) is 14.3 Å². The van der Waals surface area contributed by atoms with Gasteiger partial charge in [-0.1, -0.05) is 48.5 Å². The number of aromatic nitrogens is 2. The predicted molar refractivity (Wildman–Crippen MR) is 139 cm³/mol. The van der Waals surface area contributed by atoms with Crippen molar-refractivity contribution in [3.05, 3.63) is 32.6 Å². The zero-order chi connectivity index (χ0) is 25.6. The van der Waals surface area contributed by atoms with Crippen LogP contribution in [-0.4, -0.2) is 44.5 Å². The maximum Gasteiger partial charge on any atom is 0.330 e. The number of rotatable bonds is 7. The Hall–Kier alpha value is -1.01. The minimum absolute atomic E-state index is 0.0447. The van der Waals surface area contributed by atoms with Gasteiger partial charge in [0.15, 0.2) is 16.6 Å². The van der Waals surface area contributed by atoms with E-state index in [2.05, 4.69) is 79.6 Å². The first-order valence-corrected chi connectivity index (χ1v) is 18.0. The van der Waals surface area contributed by atoms with Gasteiger partial charge < -0.3 is 13.6 Å². The lowest BCUT2D eigenvalue weighted by molar-refractivity contribution is -0.0772. The van der Waals surface area contributed by atoms with Crippen molar-refractivity contribution < 1.29 is 13.6 Å². The van der Waals surface area contributed by atoms with Crippen molar-refractivity contribution in [2.45, 2.75) is 129 Å². The van der Waals surface area contributed by atoms with Gasteiger partial charge in [-0.05, 0) is 49.6 Å². The Morgan fingerprint density at radius 3 is 2.12 bits per heavy atom. The van der Waals surface area contributed by atoms with E-state index in [9.17, 15) is 9.59 Å². The standard InChI is InChI=1S/C24H46N2O5Si2/c1-13-17(30-32(9,10)23(3,4)5)20-18(31-33(11,12)24(6,7)8)14-19(29-20)26-15-16(2)21(27)25-22(26)28/h15,17-20H,13-14H2,1-12H3,(H,25,27,28)/t17?,18-,19+,20+/m0/s1. The molecule has 9 heteroatoms. The first-order chi connectivity index (χ1) is 14.8. The van der Waals surface area contributed by atoms with E-state index in [0.717, 1.165) is 6.42 Å². The van der Waals surface area contributed by atoms with E-state index in [0.29, 0.717) is 12.0 Å². The van der Waals surface area contributed by atoms with Gasteiger partial charge in [0.2, 0.25) is 0 Å². The molecule has 33 heavy (non-hydrogen) atoms. The van der Waals surface area contributed by atoms with Gasteiger partial charge in [0.1, 0.15) is 12.3 Å². The highest BCUT2D eigenvalue weighted by molar-refractivity contribution is 6.74. The summed E-state index contributed by atoms with van der Waals surface area (Å²) < 4.78 is 21.7. The number of H-pyrrole nitrogens is 1. The zero-order valence-corrected chi connectivity index (χ0v) is 24.8. The molecule has 1 unspecified atom stereocenters. The third-order valence-corrected chi connectivity index (χ3v) is 16.9. The molecule has 0 aliphatic carbocycles. The molecule has 1 aliphatic rings. The van der Waals surface area contributed by atoms with Crippen LogP contribution in [0.15, 0.2) is 15.8 Å². The molecule has 4 atom stereocenters. The van der Waals surface area contributed by atoms with E-state index in [-0.39, 0.29) is 33.9 Å². The predicted octanol–water partition coefficient (Wildman–Crippen LogP) is 5.32. The van der Waals surface area contributed by atoms with Gasteiger partial charge >= 0.3 is 5.69 Å². The van der Waals surface area contributed by atoms with Crippen molar-refractivity contribution in [1.29, 1.82) is 0 Å². The van der Waals surface area contributed by atoms with Crippen LogP contribution in [-0.2, 0) is 13.6 Å². The van der Waals surface area contributed by atoms with Gasteiger partial charge in [0, 0.05) is 18.2 Å². The van der Waals surface area contributed by atoms with Crippen LogP contribution in [0, 0.1) is 6.92 Å². The van der Waals surface area contributed by atoms with Crippen LogP contribution in [0.1, 0.15) is 73.1 Å². The molecule has 1 N–H and O–H groups in total. The fraction of sp³-hybridized carbons (Fsp3) is 0.833. The molecule has 0 bridgehead atoms. The summed E-state index contributed by atoms with van der Waals surface area (Å²) in [6.45, 7) is 26.2. The van der Waals surface area contributed by atoms with E-state index in [4.69, 9.17) is 13.6 Å². The summed E-state index contributed by atoms with van der Waals surface area (Å²) in [5, 5.41) is 0.115. The molecule has 0 saturated carbocycles. The summed E-state index contributed by atoms with van der Waals surface area (Å²) in [7, 11) is -4.15. The van der Waals surface area contributed by atoms with Crippen molar-refractivity contribution in [2.75, 3.05) is 0 Å². The monoisotopic (exact) mass is 498 g/mol. The molecular formula is C24H46N2O5Si2. The average molecular weight is 499 g/mol. The summed E-state index contributed by atoms with van der Waals surface area (Å²) in [6, 6.07) is 0. The van der Waals surface area contributed by atoms with E-state index in [1.165, 1.54) is 4.57 Å². The second-order valence-electron chi connectivity index (χ2n) is 12.5. The molecule has 0 amide bonds. The van der Waals surface area contributed by atoms with Crippen molar-refractivity contribution in [2.24, 2.45) is 0 Å². The second kappa shape index (κ2) is 9.56. The fourth-order valence-corrected chi connectivity index (χ4v) is 6.32. The Bertz CT molecular complexity index is 940. The van der Waals surface area contributed by atoms with E-state index in [1.807, 2.05) is 0 Å². The summed E-state index contributed by atoms with van der Waals surface area (Å²) in [5.74, 6) is 0. The fourth-order valence-electron chi connectivity index (χ4n) is 3.57. The molecule has 1 aliphatic heterocycles. The smallest absolute Gasteiger partial charge is 0.330 e. The van der Waals surface area contributed by atoms with Crippen molar-refractivity contribution in [3.63, 3.8) is 0 Å². The van der Waals surface area contributed by atoms with Gasteiger partial charge in [-0.15, -0.1) is 0 Å². The highest BCUT2D eigenvalue weighted by atomic mass is 28.4. The van der Waals surface area contributed by atoms with E-state index >= 15 is 0 Å². The van der Waals surface area contributed by atoms with Crippen molar-refractivity contribution in [3.8, 4) is 0 Å². The number of nitrogens with one attached hydrogen (secondary N) is 1. The van der Waals surface area contributed by atoms with Crippen LogP contribution in [0.4, 0.5) is 0 Å². The Morgan fingerprint density at radius 1 is 1.09 bits per heavy atom. The molecule has 2 rings (SSSR count). The van der Waals surface area contributed by atoms with Gasteiger partial charge in [-0.25, -0.2) is 4.79 Å². The van der Waals surface area contributed by atoms with Crippen LogP contribution in [0.25, 0.3) is 0 Å². The molecule has 1 fully saturated rings. The van der Waals surface area contributed by atoms with Crippen molar-refractivity contribution >= 4 is 16.6 Å². The lowest BCUT2D eigenvalue weighted by Gasteiger charge is -2.43. The highest BCUT2D eigenvalue weighted by Gasteiger charge is 2.49. The minimum atomic E-state index is -2.10. The Balaban J connectivity index is 2.46. The molecule has 0 spiro atoms. The quantitative estimate of drug-likeness (QED) is 0.514. The lowest BCUT2D eigenvalue weighted by Crippen LogP contribution is -2.52.